The monoisotopic (exact) mass is 328 g/mol. The summed E-state index contributed by atoms with van der Waals surface area (Å²) in [5.41, 5.74) is 1.46. The number of hydrogen-bond acceptors (Lipinski definition) is 5. The van der Waals surface area contributed by atoms with Crippen molar-refractivity contribution in [3.05, 3.63) is 66.0 Å². The minimum atomic E-state index is -1.14. The van der Waals surface area contributed by atoms with E-state index in [9.17, 15) is 14.7 Å². The molecular formula is C17H16N2O5. The molecule has 1 unspecified atom stereocenters. The van der Waals surface area contributed by atoms with E-state index in [4.69, 9.17) is 9.47 Å². The molecule has 1 aromatic carbocycles. The quantitative estimate of drug-likeness (QED) is 0.925. The van der Waals surface area contributed by atoms with Crippen molar-refractivity contribution in [1.29, 1.82) is 0 Å². The zero-order chi connectivity index (χ0) is 16.9. The molecule has 0 aliphatic carbocycles. The molecule has 1 amide bonds. The van der Waals surface area contributed by atoms with Crippen molar-refractivity contribution in [1.82, 2.24) is 9.88 Å². The second-order valence-corrected chi connectivity index (χ2v) is 5.27. The molecule has 0 radical (unpaired) electrons. The predicted molar refractivity (Wildman–Crippen MR) is 82.8 cm³/mol. The van der Waals surface area contributed by atoms with Gasteiger partial charge in [-0.15, -0.1) is 0 Å². The SMILES string of the molecule is O=C(O)C1CO[C@@H](c2ccncc2)N1C(=O)OCc1ccccc1. The summed E-state index contributed by atoms with van der Waals surface area (Å²) in [7, 11) is 0. The van der Waals surface area contributed by atoms with E-state index in [0.717, 1.165) is 10.5 Å². The van der Waals surface area contributed by atoms with E-state index < -0.39 is 24.3 Å². The van der Waals surface area contributed by atoms with E-state index in [1.165, 1.54) is 0 Å². The van der Waals surface area contributed by atoms with Gasteiger partial charge in [0.05, 0.1) is 6.61 Å². The van der Waals surface area contributed by atoms with Crippen molar-refractivity contribution in [2.75, 3.05) is 6.61 Å². The number of hydrogen-bond donors (Lipinski definition) is 1. The standard InChI is InChI=1S/C17H16N2O5/c20-16(21)14-11-23-15(13-6-8-18-9-7-13)19(14)17(22)24-10-12-4-2-1-3-5-12/h1-9,14-15H,10-11H2,(H,20,21)/t14?,15-/m0/s1. The highest BCUT2D eigenvalue weighted by molar-refractivity contribution is 5.81. The number of carbonyl (C=O) groups is 2. The third-order valence-electron chi connectivity index (χ3n) is 3.69. The fourth-order valence-electron chi connectivity index (χ4n) is 2.50. The number of carboxylic acids is 1. The number of benzene rings is 1. The van der Waals surface area contributed by atoms with Crippen molar-refractivity contribution < 1.29 is 24.2 Å². The second kappa shape index (κ2) is 7.10. The minimum absolute atomic E-state index is 0.0611. The van der Waals surface area contributed by atoms with Crippen molar-refractivity contribution in [3.63, 3.8) is 0 Å². The third kappa shape index (κ3) is 3.36. The molecule has 124 valence electrons. The number of ether oxygens (including phenoxy) is 2. The van der Waals surface area contributed by atoms with Crippen LogP contribution in [0, 0.1) is 0 Å². The van der Waals surface area contributed by atoms with E-state index in [-0.39, 0.29) is 13.2 Å². The first-order valence-corrected chi connectivity index (χ1v) is 7.40. The van der Waals surface area contributed by atoms with Crippen LogP contribution in [0.15, 0.2) is 54.9 Å². The Kier molecular flexibility index (Phi) is 4.72. The van der Waals surface area contributed by atoms with Gasteiger partial charge in [0, 0.05) is 18.0 Å². The first-order chi connectivity index (χ1) is 11.7. The molecule has 1 aliphatic heterocycles. The first-order valence-electron chi connectivity index (χ1n) is 7.40. The molecule has 7 nitrogen and oxygen atoms in total. The van der Waals surface area contributed by atoms with Crippen LogP contribution in [-0.4, -0.2) is 39.7 Å². The number of pyridine rings is 1. The lowest BCUT2D eigenvalue weighted by atomic mass is 10.2. The molecule has 24 heavy (non-hydrogen) atoms. The molecule has 0 bridgehead atoms. The molecule has 2 heterocycles. The van der Waals surface area contributed by atoms with Crippen molar-refractivity contribution in [2.24, 2.45) is 0 Å². The zero-order valence-corrected chi connectivity index (χ0v) is 12.7. The lowest BCUT2D eigenvalue weighted by Gasteiger charge is -2.25. The Labute approximate surface area is 138 Å². The maximum Gasteiger partial charge on any atom is 0.413 e. The lowest BCUT2D eigenvalue weighted by molar-refractivity contribution is -0.141. The molecule has 3 rings (SSSR count). The molecule has 7 heteroatoms. The first kappa shape index (κ1) is 15.9. The largest absolute Gasteiger partial charge is 0.480 e. The summed E-state index contributed by atoms with van der Waals surface area (Å²) in [4.78, 5) is 28.9. The van der Waals surface area contributed by atoms with Gasteiger partial charge >= 0.3 is 12.1 Å². The summed E-state index contributed by atoms with van der Waals surface area (Å²) in [5, 5.41) is 9.34. The van der Waals surface area contributed by atoms with Crippen LogP contribution in [0.3, 0.4) is 0 Å². The molecule has 1 aliphatic rings. The van der Waals surface area contributed by atoms with Gasteiger partial charge < -0.3 is 14.6 Å². The third-order valence-corrected chi connectivity index (χ3v) is 3.69. The van der Waals surface area contributed by atoms with Crippen LogP contribution < -0.4 is 0 Å². The van der Waals surface area contributed by atoms with Crippen molar-refractivity contribution >= 4 is 12.1 Å². The van der Waals surface area contributed by atoms with E-state index in [2.05, 4.69) is 4.98 Å². The van der Waals surface area contributed by atoms with Gasteiger partial charge in [0.25, 0.3) is 0 Å². The summed E-state index contributed by atoms with van der Waals surface area (Å²) in [6.07, 6.45) is 1.57. The van der Waals surface area contributed by atoms with Crippen LogP contribution in [0.2, 0.25) is 0 Å². The van der Waals surface area contributed by atoms with E-state index in [1.54, 1.807) is 24.5 Å². The predicted octanol–water partition coefficient (Wildman–Crippen LogP) is 2.20. The number of nitrogens with zero attached hydrogens (tertiary/aromatic N) is 2. The van der Waals surface area contributed by atoms with Gasteiger partial charge in [0.15, 0.2) is 12.3 Å². The van der Waals surface area contributed by atoms with Crippen LogP contribution in [0.5, 0.6) is 0 Å². The number of carbonyl (C=O) groups excluding carboxylic acids is 1. The number of amides is 1. The summed E-state index contributed by atoms with van der Waals surface area (Å²) in [6.45, 7) is -0.0334. The molecule has 0 saturated carbocycles. The van der Waals surface area contributed by atoms with Gasteiger partial charge in [-0.2, -0.15) is 0 Å². The average molecular weight is 328 g/mol. The number of aliphatic carboxylic acids is 1. The molecule has 2 aromatic rings. The topological polar surface area (TPSA) is 89.0 Å². The highest BCUT2D eigenvalue weighted by Gasteiger charge is 2.43. The van der Waals surface area contributed by atoms with Crippen LogP contribution in [0.25, 0.3) is 0 Å². The number of rotatable bonds is 4. The molecule has 0 spiro atoms. The molecular weight excluding hydrogens is 312 g/mol. The van der Waals surface area contributed by atoms with E-state index in [0.29, 0.717) is 5.56 Å². The minimum Gasteiger partial charge on any atom is -0.480 e. The van der Waals surface area contributed by atoms with Gasteiger partial charge in [-0.25, -0.2) is 9.59 Å². The maximum atomic E-state index is 12.5. The normalized spacial score (nSPS) is 19.9. The fraction of sp³-hybridized carbons (Fsp3) is 0.235. The molecule has 1 N–H and O–H groups in total. The van der Waals surface area contributed by atoms with Gasteiger partial charge in [-0.3, -0.25) is 9.88 Å². The van der Waals surface area contributed by atoms with Crippen molar-refractivity contribution in [2.45, 2.75) is 18.9 Å². The molecule has 1 aromatic heterocycles. The Balaban J connectivity index is 1.77. The Hall–Kier alpha value is -2.93. The van der Waals surface area contributed by atoms with E-state index in [1.807, 2.05) is 30.3 Å². The van der Waals surface area contributed by atoms with E-state index >= 15 is 0 Å². The van der Waals surface area contributed by atoms with Gasteiger partial charge in [0.1, 0.15) is 6.61 Å². The Bertz CT molecular complexity index is 707. The maximum absolute atomic E-state index is 12.5. The Morgan fingerprint density at radius 3 is 2.58 bits per heavy atom. The molecule has 2 atom stereocenters. The van der Waals surface area contributed by atoms with Crippen molar-refractivity contribution in [3.8, 4) is 0 Å². The summed E-state index contributed by atoms with van der Waals surface area (Å²) >= 11 is 0. The Morgan fingerprint density at radius 1 is 1.21 bits per heavy atom. The number of aromatic nitrogens is 1. The molecule has 1 fully saturated rings. The van der Waals surface area contributed by atoms with Crippen LogP contribution in [0.1, 0.15) is 17.4 Å². The summed E-state index contributed by atoms with van der Waals surface area (Å²) < 4.78 is 10.8. The summed E-state index contributed by atoms with van der Waals surface area (Å²) in [5.74, 6) is -1.14. The molecule has 1 saturated heterocycles. The van der Waals surface area contributed by atoms with Gasteiger partial charge in [0.2, 0.25) is 0 Å². The second-order valence-electron chi connectivity index (χ2n) is 5.27. The van der Waals surface area contributed by atoms with Crippen LogP contribution in [-0.2, 0) is 20.9 Å². The van der Waals surface area contributed by atoms with Crippen LogP contribution >= 0.6 is 0 Å². The number of carboxylic acid groups (broad SMARTS) is 1. The lowest BCUT2D eigenvalue weighted by Crippen LogP contribution is -2.43. The zero-order valence-electron chi connectivity index (χ0n) is 12.7. The Morgan fingerprint density at radius 2 is 1.92 bits per heavy atom. The highest BCUT2D eigenvalue weighted by Crippen LogP contribution is 2.31. The summed E-state index contributed by atoms with van der Waals surface area (Å²) in [6, 6.07) is 11.4. The fourth-order valence-corrected chi connectivity index (χ4v) is 2.50. The van der Waals surface area contributed by atoms with Gasteiger partial charge in [-0.1, -0.05) is 30.3 Å². The van der Waals surface area contributed by atoms with Crippen LogP contribution in [0.4, 0.5) is 4.79 Å². The highest BCUT2D eigenvalue weighted by atomic mass is 16.6. The van der Waals surface area contributed by atoms with Gasteiger partial charge in [-0.05, 0) is 17.7 Å². The smallest absolute Gasteiger partial charge is 0.413 e. The average Bonchev–Trinajstić information content (AvgIpc) is 3.07.